The Kier molecular flexibility index (Phi) is 4.76. The first kappa shape index (κ1) is 9.30. The number of aromatic nitrogens is 2. The minimum atomic E-state index is 0.764. The van der Waals surface area contributed by atoms with E-state index in [1.807, 2.05) is 20.8 Å². The predicted molar refractivity (Wildman–Crippen MR) is 45.5 cm³/mol. The highest BCUT2D eigenvalue weighted by atomic mass is 32.1. The lowest BCUT2D eigenvalue weighted by Gasteiger charge is -1.86. The van der Waals surface area contributed by atoms with Crippen LogP contribution in [0.3, 0.4) is 0 Å². The molecule has 0 saturated carbocycles. The molecule has 10 heavy (non-hydrogen) atoms. The number of nitrogens with zero attached hydrogens (tertiary/aromatic N) is 1. The molecule has 0 aliphatic rings. The number of rotatable bonds is 0. The molecule has 1 heterocycles. The van der Waals surface area contributed by atoms with Crippen molar-refractivity contribution in [1.82, 2.24) is 9.97 Å². The van der Waals surface area contributed by atoms with Gasteiger partial charge < -0.3 is 4.98 Å². The molecule has 0 aliphatic carbocycles. The van der Waals surface area contributed by atoms with Crippen molar-refractivity contribution in [3.05, 3.63) is 22.7 Å². The molecular formula is C7H12N2S. The van der Waals surface area contributed by atoms with E-state index >= 15 is 0 Å². The van der Waals surface area contributed by atoms with E-state index in [1.165, 1.54) is 0 Å². The van der Waals surface area contributed by atoms with Gasteiger partial charge in [-0.3, -0.25) is 0 Å². The van der Waals surface area contributed by atoms with Crippen LogP contribution in [0, 0.1) is 11.6 Å². The normalized spacial score (nSPS) is 7.90. The van der Waals surface area contributed by atoms with Crippen LogP contribution in [0.15, 0.2) is 12.5 Å². The fourth-order valence-electron chi connectivity index (χ4n) is 0.417. The van der Waals surface area contributed by atoms with Crippen molar-refractivity contribution in [2.45, 2.75) is 20.8 Å². The van der Waals surface area contributed by atoms with E-state index in [9.17, 15) is 0 Å². The highest BCUT2D eigenvalue weighted by Crippen LogP contribution is 1.90. The second-order valence-electron chi connectivity index (χ2n) is 1.56. The standard InChI is InChI=1S/C5H6N2S.C2H6/c1-4-2-6-3-7-5(4)8;1-2/h2-3H,1H3,(H,6,7,8);1-2H3. The minimum absolute atomic E-state index is 0.764. The van der Waals surface area contributed by atoms with Crippen LogP contribution in [0.25, 0.3) is 0 Å². The molecule has 0 aliphatic heterocycles. The number of aromatic amines is 1. The molecule has 0 unspecified atom stereocenters. The fourth-order valence-corrected chi connectivity index (χ4v) is 0.523. The van der Waals surface area contributed by atoms with Gasteiger partial charge in [-0.1, -0.05) is 26.1 Å². The first-order valence-corrected chi connectivity index (χ1v) is 3.71. The summed E-state index contributed by atoms with van der Waals surface area (Å²) in [4.78, 5) is 6.63. The van der Waals surface area contributed by atoms with E-state index in [0.29, 0.717) is 0 Å². The molecule has 1 aromatic heterocycles. The van der Waals surface area contributed by atoms with Crippen molar-refractivity contribution >= 4 is 12.2 Å². The lowest BCUT2D eigenvalue weighted by Crippen LogP contribution is -1.79. The van der Waals surface area contributed by atoms with E-state index in [4.69, 9.17) is 12.2 Å². The van der Waals surface area contributed by atoms with Gasteiger partial charge in [0.25, 0.3) is 0 Å². The highest BCUT2D eigenvalue weighted by Gasteiger charge is 1.80. The van der Waals surface area contributed by atoms with Gasteiger partial charge >= 0.3 is 0 Å². The van der Waals surface area contributed by atoms with Gasteiger partial charge in [0.2, 0.25) is 0 Å². The summed E-state index contributed by atoms with van der Waals surface area (Å²) in [6.07, 6.45) is 3.31. The van der Waals surface area contributed by atoms with Gasteiger partial charge in [-0.15, -0.1) is 0 Å². The SMILES string of the molecule is CC.Cc1cnc[nH]c1=S. The van der Waals surface area contributed by atoms with E-state index in [-0.39, 0.29) is 0 Å². The third kappa shape index (κ3) is 2.73. The van der Waals surface area contributed by atoms with E-state index in [0.717, 1.165) is 10.2 Å². The minimum Gasteiger partial charge on any atom is -0.337 e. The molecule has 1 rings (SSSR count). The third-order valence-electron chi connectivity index (χ3n) is 0.897. The summed E-state index contributed by atoms with van der Waals surface area (Å²) in [6.45, 7) is 5.92. The van der Waals surface area contributed by atoms with Gasteiger partial charge in [0.15, 0.2) is 0 Å². The molecule has 56 valence electrons. The quantitative estimate of drug-likeness (QED) is 0.584. The molecule has 0 bridgehead atoms. The molecule has 0 radical (unpaired) electrons. The maximum absolute atomic E-state index is 4.86. The maximum Gasteiger partial charge on any atom is 0.108 e. The van der Waals surface area contributed by atoms with Crippen molar-refractivity contribution in [2.24, 2.45) is 0 Å². The van der Waals surface area contributed by atoms with Crippen LogP contribution in [-0.2, 0) is 0 Å². The summed E-state index contributed by atoms with van der Waals surface area (Å²) in [5.41, 5.74) is 1.02. The lowest BCUT2D eigenvalue weighted by atomic mass is 10.4. The molecule has 0 atom stereocenters. The molecule has 3 heteroatoms. The summed E-state index contributed by atoms with van der Waals surface area (Å²) < 4.78 is 0.764. The first-order valence-electron chi connectivity index (χ1n) is 3.30. The first-order chi connectivity index (χ1) is 4.80. The zero-order valence-electron chi connectivity index (χ0n) is 6.51. The largest absolute Gasteiger partial charge is 0.337 e. The Balaban J connectivity index is 0.000000371. The third-order valence-corrected chi connectivity index (χ3v) is 1.34. The molecular weight excluding hydrogens is 144 g/mol. The smallest absolute Gasteiger partial charge is 0.108 e. The van der Waals surface area contributed by atoms with E-state index in [2.05, 4.69) is 9.97 Å². The van der Waals surface area contributed by atoms with Crippen LogP contribution in [0.2, 0.25) is 0 Å². The van der Waals surface area contributed by atoms with Crippen molar-refractivity contribution in [1.29, 1.82) is 0 Å². The van der Waals surface area contributed by atoms with Crippen molar-refractivity contribution in [3.63, 3.8) is 0 Å². The molecule has 2 nitrogen and oxygen atoms in total. The van der Waals surface area contributed by atoms with Gasteiger partial charge in [0, 0.05) is 11.8 Å². The second kappa shape index (κ2) is 5.11. The topological polar surface area (TPSA) is 28.7 Å². The number of aryl methyl sites for hydroxylation is 1. The van der Waals surface area contributed by atoms with Crippen LogP contribution >= 0.6 is 12.2 Å². The van der Waals surface area contributed by atoms with Crippen molar-refractivity contribution in [2.75, 3.05) is 0 Å². The Morgan fingerprint density at radius 3 is 2.40 bits per heavy atom. The number of hydrogen-bond acceptors (Lipinski definition) is 2. The summed E-state index contributed by atoms with van der Waals surface area (Å²) in [7, 11) is 0. The summed E-state index contributed by atoms with van der Waals surface area (Å²) in [5, 5.41) is 0. The Labute approximate surface area is 66.3 Å². The summed E-state index contributed by atoms with van der Waals surface area (Å²) in [5.74, 6) is 0. The molecule has 0 amide bonds. The highest BCUT2D eigenvalue weighted by molar-refractivity contribution is 7.71. The van der Waals surface area contributed by atoms with Crippen molar-refractivity contribution in [3.8, 4) is 0 Å². The van der Waals surface area contributed by atoms with Crippen LogP contribution in [0.1, 0.15) is 19.4 Å². The molecule has 0 saturated heterocycles. The van der Waals surface area contributed by atoms with Gasteiger partial charge in [0.1, 0.15) is 4.64 Å². The monoisotopic (exact) mass is 156 g/mol. The Morgan fingerprint density at radius 2 is 2.10 bits per heavy atom. The molecule has 1 aromatic rings. The van der Waals surface area contributed by atoms with Gasteiger partial charge in [-0.2, -0.15) is 0 Å². The summed E-state index contributed by atoms with van der Waals surface area (Å²) in [6, 6.07) is 0. The van der Waals surface area contributed by atoms with Crippen molar-refractivity contribution < 1.29 is 0 Å². The van der Waals surface area contributed by atoms with Crippen LogP contribution in [0.5, 0.6) is 0 Å². The zero-order chi connectivity index (χ0) is 7.98. The number of nitrogens with one attached hydrogen (secondary N) is 1. The Hall–Kier alpha value is -0.700. The average Bonchev–Trinajstić information content (AvgIpc) is 2.00. The van der Waals surface area contributed by atoms with Gasteiger partial charge in [-0.05, 0) is 6.92 Å². The van der Waals surface area contributed by atoms with E-state index < -0.39 is 0 Å². The number of H-pyrrole nitrogens is 1. The Morgan fingerprint density at radius 1 is 1.50 bits per heavy atom. The maximum atomic E-state index is 4.86. The van der Waals surface area contributed by atoms with Crippen LogP contribution in [0.4, 0.5) is 0 Å². The molecule has 0 aromatic carbocycles. The predicted octanol–water partition coefficient (Wildman–Crippen LogP) is 2.47. The van der Waals surface area contributed by atoms with Crippen LogP contribution in [-0.4, -0.2) is 9.97 Å². The molecule has 0 fully saturated rings. The van der Waals surface area contributed by atoms with Gasteiger partial charge in [0.05, 0.1) is 6.33 Å². The second-order valence-corrected chi connectivity index (χ2v) is 1.97. The summed E-state index contributed by atoms with van der Waals surface area (Å²) >= 11 is 4.86. The lowest BCUT2D eigenvalue weighted by molar-refractivity contribution is 1.11. The average molecular weight is 156 g/mol. The fraction of sp³-hybridized carbons (Fsp3) is 0.429. The zero-order valence-corrected chi connectivity index (χ0v) is 7.33. The van der Waals surface area contributed by atoms with Crippen LogP contribution < -0.4 is 0 Å². The number of hydrogen-bond donors (Lipinski definition) is 1. The molecule has 0 spiro atoms. The van der Waals surface area contributed by atoms with Gasteiger partial charge in [-0.25, -0.2) is 4.98 Å². The molecule has 1 N–H and O–H groups in total. The Bertz CT molecular complexity index is 229. The van der Waals surface area contributed by atoms with E-state index in [1.54, 1.807) is 12.5 Å².